The van der Waals surface area contributed by atoms with E-state index in [2.05, 4.69) is 10.0 Å². The highest BCUT2D eigenvalue weighted by atomic mass is 32.2. The third kappa shape index (κ3) is 5.55. The number of sulfonamides is 1. The van der Waals surface area contributed by atoms with Crippen molar-refractivity contribution in [2.75, 3.05) is 30.0 Å². The van der Waals surface area contributed by atoms with Crippen molar-refractivity contribution in [1.29, 1.82) is 0 Å². The summed E-state index contributed by atoms with van der Waals surface area (Å²) in [6.07, 6.45) is 1.13. The Labute approximate surface area is 102 Å². The molecule has 0 aliphatic carbocycles. The Morgan fingerprint density at radius 1 is 1.35 bits per heavy atom. The molecule has 0 saturated heterocycles. The van der Waals surface area contributed by atoms with Crippen molar-refractivity contribution in [3.63, 3.8) is 0 Å². The minimum atomic E-state index is -3.24. The molecule has 1 aromatic rings. The highest BCUT2D eigenvalue weighted by Crippen LogP contribution is 2.16. The van der Waals surface area contributed by atoms with Gasteiger partial charge in [-0.3, -0.25) is 4.72 Å². The van der Waals surface area contributed by atoms with Gasteiger partial charge in [-0.05, 0) is 25.1 Å². The van der Waals surface area contributed by atoms with Gasteiger partial charge in [0.15, 0.2) is 0 Å². The van der Waals surface area contributed by atoms with E-state index < -0.39 is 10.0 Å². The van der Waals surface area contributed by atoms with Gasteiger partial charge < -0.3 is 10.1 Å². The number of rotatable bonds is 6. The zero-order chi connectivity index (χ0) is 12.9. The SMILES string of the molecule is COCC(C)Nc1cccc(NS(C)(=O)=O)c1. The third-order valence-corrected chi connectivity index (χ3v) is 2.60. The third-order valence-electron chi connectivity index (χ3n) is 2.00. The quantitative estimate of drug-likeness (QED) is 0.811. The molecular weight excluding hydrogens is 240 g/mol. The predicted molar refractivity (Wildman–Crippen MR) is 69.9 cm³/mol. The number of nitrogens with one attached hydrogen (secondary N) is 2. The Bertz CT molecular complexity index is 460. The summed E-state index contributed by atoms with van der Waals surface area (Å²) >= 11 is 0. The van der Waals surface area contributed by atoms with Gasteiger partial charge in [0.1, 0.15) is 0 Å². The minimum absolute atomic E-state index is 0.161. The van der Waals surface area contributed by atoms with Gasteiger partial charge in [0.05, 0.1) is 18.6 Å². The van der Waals surface area contributed by atoms with Crippen molar-refractivity contribution in [1.82, 2.24) is 0 Å². The second-order valence-corrected chi connectivity index (χ2v) is 5.70. The van der Waals surface area contributed by atoms with Gasteiger partial charge >= 0.3 is 0 Å². The van der Waals surface area contributed by atoms with E-state index in [9.17, 15) is 8.42 Å². The highest BCUT2D eigenvalue weighted by Gasteiger charge is 2.04. The topological polar surface area (TPSA) is 67.4 Å². The van der Waals surface area contributed by atoms with Crippen LogP contribution in [0.15, 0.2) is 24.3 Å². The maximum Gasteiger partial charge on any atom is 0.229 e. The van der Waals surface area contributed by atoms with Gasteiger partial charge in [0, 0.05) is 18.8 Å². The molecule has 0 fully saturated rings. The van der Waals surface area contributed by atoms with E-state index in [1.807, 2.05) is 13.0 Å². The molecule has 0 radical (unpaired) electrons. The fourth-order valence-electron chi connectivity index (χ4n) is 1.46. The average Bonchev–Trinajstić information content (AvgIpc) is 2.15. The van der Waals surface area contributed by atoms with Crippen LogP contribution in [0.25, 0.3) is 0 Å². The molecule has 0 heterocycles. The average molecular weight is 258 g/mol. The Morgan fingerprint density at radius 3 is 2.59 bits per heavy atom. The standard InChI is InChI=1S/C11H18N2O3S/c1-9(8-16-2)12-10-5-4-6-11(7-10)13-17(3,14)15/h4-7,9,12-13H,8H2,1-3H3. The molecular formula is C11H18N2O3S. The number of methoxy groups -OCH3 is 1. The van der Waals surface area contributed by atoms with Crippen LogP contribution in [-0.2, 0) is 14.8 Å². The molecule has 1 unspecified atom stereocenters. The van der Waals surface area contributed by atoms with E-state index >= 15 is 0 Å². The van der Waals surface area contributed by atoms with Crippen molar-refractivity contribution in [3.8, 4) is 0 Å². The van der Waals surface area contributed by atoms with E-state index in [1.165, 1.54) is 0 Å². The van der Waals surface area contributed by atoms with Crippen molar-refractivity contribution in [2.45, 2.75) is 13.0 Å². The zero-order valence-electron chi connectivity index (χ0n) is 10.2. The first-order valence-electron chi connectivity index (χ1n) is 5.24. The largest absolute Gasteiger partial charge is 0.383 e. The first kappa shape index (κ1) is 13.8. The van der Waals surface area contributed by atoms with E-state index in [-0.39, 0.29) is 6.04 Å². The molecule has 0 saturated carbocycles. The maximum atomic E-state index is 11.1. The number of benzene rings is 1. The van der Waals surface area contributed by atoms with Gasteiger partial charge in [-0.25, -0.2) is 8.42 Å². The highest BCUT2D eigenvalue weighted by molar-refractivity contribution is 7.92. The lowest BCUT2D eigenvalue weighted by Crippen LogP contribution is -2.20. The van der Waals surface area contributed by atoms with E-state index in [0.29, 0.717) is 12.3 Å². The fraction of sp³-hybridized carbons (Fsp3) is 0.455. The fourth-order valence-corrected chi connectivity index (χ4v) is 2.02. The van der Waals surface area contributed by atoms with Gasteiger partial charge in [-0.2, -0.15) is 0 Å². The second kappa shape index (κ2) is 5.88. The first-order chi connectivity index (χ1) is 7.90. The Balaban J connectivity index is 2.72. The lowest BCUT2D eigenvalue weighted by molar-refractivity contribution is 0.190. The number of anilines is 2. The molecule has 0 aliphatic rings. The zero-order valence-corrected chi connectivity index (χ0v) is 11.0. The van der Waals surface area contributed by atoms with Crippen molar-refractivity contribution in [3.05, 3.63) is 24.3 Å². The van der Waals surface area contributed by atoms with E-state index in [4.69, 9.17) is 4.74 Å². The van der Waals surface area contributed by atoms with Crippen molar-refractivity contribution < 1.29 is 13.2 Å². The summed E-state index contributed by atoms with van der Waals surface area (Å²) in [6, 6.07) is 7.27. The summed E-state index contributed by atoms with van der Waals surface area (Å²) in [5.41, 5.74) is 1.39. The Hall–Kier alpha value is -1.27. The van der Waals surface area contributed by atoms with E-state index in [0.717, 1.165) is 11.9 Å². The molecule has 5 nitrogen and oxygen atoms in total. The molecule has 2 N–H and O–H groups in total. The van der Waals surface area contributed by atoms with Gasteiger partial charge in [-0.1, -0.05) is 6.07 Å². The first-order valence-corrected chi connectivity index (χ1v) is 7.13. The molecule has 1 aromatic carbocycles. The van der Waals surface area contributed by atoms with Crippen LogP contribution in [0.5, 0.6) is 0 Å². The molecule has 1 atom stereocenters. The summed E-state index contributed by atoms with van der Waals surface area (Å²) in [5, 5.41) is 3.21. The van der Waals surface area contributed by atoms with Crippen molar-refractivity contribution >= 4 is 21.4 Å². The second-order valence-electron chi connectivity index (χ2n) is 3.96. The molecule has 17 heavy (non-hydrogen) atoms. The Morgan fingerprint density at radius 2 is 2.00 bits per heavy atom. The lowest BCUT2D eigenvalue weighted by Gasteiger charge is -2.15. The van der Waals surface area contributed by atoms with Gasteiger partial charge in [0.2, 0.25) is 10.0 Å². The van der Waals surface area contributed by atoms with Gasteiger partial charge in [0.25, 0.3) is 0 Å². The monoisotopic (exact) mass is 258 g/mol. The molecule has 0 bridgehead atoms. The normalized spacial score (nSPS) is 13.1. The summed E-state index contributed by atoms with van der Waals surface area (Å²) in [4.78, 5) is 0. The van der Waals surface area contributed by atoms with E-state index in [1.54, 1.807) is 25.3 Å². The van der Waals surface area contributed by atoms with Crippen molar-refractivity contribution in [2.24, 2.45) is 0 Å². The summed E-state index contributed by atoms with van der Waals surface area (Å²) in [5.74, 6) is 0. The smallest absolute Gasteiger partial charge is 0.229 e. The molecule has 0 spiro atoms. The van der Waals surface area contributed by atoms with Gasteiger partial charge in [-0.15, -0.1) is 0 Å². The summed E-state index contributed by atoms with van der Waals surface area (Å²) in [7, 11) is -1.60. The maximum absolute atomic E-state index is 11.1. The number of hydrogen-bond acceptors (Lipinski definition) is 4. The molecule has 6 heteroatoms. The summed E-state index contributed by atoms with van der Waals surface area (Å²) in [6.45, 7) is 2.57. The van der Waals surface area contributed by atoms with Crippen LogP contribution < -0.4 is 10.0 Å². The number of hydrogen-bond donors (Lipinski definition) is 2. The van der Waals surface area contributed by atoms with Crippen LogP contribution >= 0.6 is 0 Å². The van der Waals surface area contributed by atoms with Crippen LogP contribution in [-0.4, -0.2) is 34.4 Å². The van der Waals surface area contributed by atoms with Crippen LogP contribution in [0.4, 0.5) is 11.4 Å². The molecule has 96 valence electrons. The molecule has 0 aliphatic heterocycles. The van der Waals surface area contributed by atoms with Crippen LogP contribution in [0.3, 0.4) is 0 Å². The molecule has 0 aromatic heterocycles. The predicted octanol–water partition coefficient (Wildman–Crippen LogP) is 1.50. The molecule has 1 rings (SSSR count). The van der Waals surface area contributed by atoms with Crippen LogP contribution in [0, 0.1) is 0 Å². The van der Waals surface area contributed by atoms with Crippen LogP contribution in [0.1, 0.15) is 6.92 Å². The molecule has 0 amide bonds. The summed E-state index contributed by atoms with van der Waals surface area (Å²) < 4.78 is 29.6. The van der Waals surface area contributed by atoms with Crippen LogP contribution in [0.2, 0.25) is 0 Å². The lowest BCUT2D eigenvalue weighted by atomic mass is 10.2. The Kier molecular flexibility index (Phi) is 4.77. The number of ether oxygens (including phenoxy) is 1. The minimum Gasteiger partial charge on any atom is -0.383 e.